The van der Waals surface area contributed by atoms with Gasteiger partial charge in [0.1, 0.15) is 0 Å². The first-order valence-electron chi connectivity index (χ1n) is 8.61. The maximum absolute atomic E-state index is 12.6. The van der Waals surface area contributed by atoms with E-state index in [1.807, 2.05) is 4.90 Å². The molecule has 0 radical (unpaired) electrons. The number of hydrogen-bond donors (Lipinski definition) is 1. The van der Waals surface area contributed by atoms with Crippen LogP contribution in [-0.4, -0.2) is 35.0 Å². The number of likely N-dealkylation sites (tertiary alicyclic amines) is 1. The first-order chi connectivity index (χ1) is 10.1. The number of nitrogens with zero attached hydrogens (tertiary/aromatic N) is 1. The van der Waals surface area contributed by atoms with E-state index in [-0.39, 0.29) is 17.7 Å². The van der Waals surface area contributed by atoms with Gasteiger partial charge in [-0.25, -0.2) is 0 Å². The Hall–Kier alpha value is -1.06. The summed E-state index contributed by atoms with van der Waals surface area (Å²) in [5, 5.41) is 9.06. The summed E-state index contributed by atoms with van der Waals surface area (Å²) in [5.74, 6) is -0.838. The fourth-order valence-corrected chi connectivity index (χ4v) is 4.69. The fraction of sp³-hybridized carbons (Fsp3) is 0.882. The maximum atomic E-state index is 12.6. The van der Waals surface area contributed by atoms with Crippen LogP contribution in [0.2, 0.25) is 0 Å². The van der Waals surface area contributed by atoms with E-state index in [9.17, 15) is 9.59 Å². The van der Waals surface area contributed by atoms with Gasteiger partial charge in [0.05, 0.1) is 5.92 Å². The molecule has 1 heterocycles. The molecule has 1 aliphatic heterocycles. The topological polar surface area (TPSA) is 57.6 Å². The third kappa shape index (κ3) is 3.09. The molecular weight excluding hydrogens is 266 g/mol. The summed E-state index contributed by atoms with van der Waals surface area (Å²) < 4.78 is 0. The summed E-state index contributed by atoms with van der Waals surface area (Å²) in [6.07, 6.45) is 11.1. The van der Waals surface area contributed by atoms with Gasteiger partial charge >= 0.3 is 5.97 Å². The molecular formula is C17H27NO3. The Morgan fingerprint density at radius 3 is 2.10 bits per heavy atom. The summed E-state index contributed by atoms with van der Waals surface area (Å²) >= 11 is 0. The monoisotopic (exact) mass is 293 g/mol. The van der Waals surface area contributed by atoms with Crippen LogP contribution in [0.4, 0.5) is 0 Å². The SMILES string of the molecule is O=C(O)[C@H]1CC[C@@H](C(=O)N2CCC3(CCCCC3)CC2)C1. The summed E-state index contributed by atoms with van der Waals surface area (Å²) in [7, 11) is 0. The third-order valence-corrected chi connectivity index (χ3v) is 6.18. The molecule has 118 valence electrons. The van der Waals surface area contributed by atoms with Crippen LogP contribution in [0.15, 0.2) is 0 Å². The Morgan fingerprint density at radius 1 is 0.905 bits per heavy atom. The molecule has 1 spiro atoms. The number of carboxylic acid groups (broad SMARTS) is 1. The lowest BCUT2D eigenvalue weighted by molar-refractivity contribution is -0.142. The number of carboxylic acids is 1. The molecule has 21 heavy (non-hydrogen) atoms. The number of rotatable bonds is 2. The Kier molecular flexibility index (Phi) is 4.23. The average molecular weight is 293 g/mol. The minimum Gasteiger partial charge on any atom is -0.481 e. The molecule has 3 aliphatic rings. The average Bonchev–Trinajstić information content (AvgIpc) is 2.98. The lowest BCUT2D eigenvalue weighted by atomic mass is 9.68. The van der Waals surface area contributed by atoms with Crippen LogP contribution in [-0.2, 0) is 9.59 Å². The lowest BCUT2D eigenvalue weighted by Crippen LogP contribution is -2.45. The second-order valence-corrected chi connectivity index (χ2v) is 7.43. The predicted molar refractivity (Wildman–Crippen MR) is 79.8 cm³/mol. The van der Waals surface area contributed by atoms with Crippen molar-refractivity contribution in [2.45, 2.75) is 64.2 Å². The van der Waals surface area contributed by atoms with Crippen molar-refractivity contribution in [1.82, 2.24) is 4.90 Å². The van der Waals surface area contributed by atoms with Crippen LogP contribution in [0.3, 0.4) is 0 Å². The summed E-state index contributed by atoms with van der Waals surface area (Å²) in [5.41, 5.74) is 0.522. The van der Waals surface area contributed by atoms with Crippen LogP contribution < -0.4 is 0 Å². The molecule has 0 aromatic heterocycles. The van der Waals surface area contributed by atoms with E-state index in [2.05, 4.69) is 0 Å². The molecule has 2 atom stereocenters. The van der Waals surface area contributed by atoms with E-state index in [1.165, 1.54) is 32.1 Å². The minimum atomic E-state index is -0.731. The van der Waals surface area contributed by atoms with E-state index in [4.69, 9.17) is 5.11 Å². The molecule has 1 amide bonds. The summed E-state index contributed by atoms with van der Waals surface area (Å²) in [6.45, 7) is 1.79. The molecule has 4 nitrogen and oxygen atoms in total. The fourth-order valence-electron chi connectivity index (χ4n) is 4.69. The van der Waals surface area contributed by atoms with Gasteiger partial charge in [-0.3, -0.25) is 9.59 Å². The van der Waals surface area contributed by atoms with Crippen molar-refractivity contribution < 1.29 is 14.7 Å². The van der Waals surface area contributed by atoms with E-state index in [0.717, 1.165) is 32.4 Å². The van der Waals surface area contributed by atoms with Gasteiger partial charge in [-0.15, -0.1) is 0 Å². The smallest absolute Gasteiger partial charge is 0.306 e. The third-order valence-electron chi connectivity index (χ3n) is 6.18. The summed E-state index contributed by atoms with van der Waals surface area (Å²) in [6, 6.07) is 0. The largest absolute Gasteiger partial charge is 0.481 e. The number of amides is 1. The molecule has 0 unspecified atom stereocenters. The summed E-state index contributed by atoms with van der Waals surface area (Å²) in [4.78, 5) is 25.6. The molecule has 1 N–H and O–H groups in total. The number of aliphatic carboxylic acids is 1. The highest BCUT2D eigenvalue weighted by Gasteiger charge is 2.40. The molecule has 4 heteroatoms. The predicted octanol–water partition coefficient (Wildman–Crippen LogP) is 3.06. The first kappa shape index (κ1) is 14.9. The van der Waals surface area contributed by atoms with Crippen LogP contribution >= 0.6 is 0 Å². The van der Waals surface area contributed by atoms with Crippen molar-refractivity contribution in [2.75, 3.05) is 13.1 Å². The van der Waals surface area contributed by atoms with Gasteiger partial charge in [0, 0.05) is 19.0 Å². The van der Waals surface area contributed by atoms with Gasteiger partial charge in [0.25, 0.3) is 0 Å². The van der Waals surface area contributed by atoms with Gasteiger partial charge in [-0.05, 0) is 50.4 Å². The maximum Gasteiger partial charge on any atom is 0.306 e. The second kappa shape index (κ2) is 5.98. The van der Waals surface area contributed by atoms with Gasteiger partial charge in [0.15, 0.2) is 0 Å². The molecule has 1 saturated heterocycles. The number of hydrogen-bond acceptors (Lipinski definition) is 2. The zero-order chi connectivity index (χ0) is 14.9. The zero-order valence-corrected chi connectivity index (χ0v) is 12.9. The molecule has 3 fully saturated rings. The van der Waals surface area contributed by atoms with Crippen molar-refractivity contribution in [3.63, 3.8) is 0 Å². The first-order valence-corrected chi connectivity index (χ1v) is 8.61. The number of carbonyl (C=O) groups excluding carboxylic acids is 1. The van der Waals surface area contributed by atoms with Gasteiger partial charge in [0.2, 0.25) is 5.91 Å². The molecule has 0 aromatic carbocycles. The quantitative estimate of drug-likeness (QED) is 0.851. The molecule has 2 saturated carbocycles. The Bertz CT molecular complexity index is 404. The van der Waals surface area contributed by atoms with E-state index in [0.29, 0.717) is 18.3 Å². The van der Waals surface area contributed by atoms with Crippen molar-refractivity contribution in [3.05, 3.63) is 0 Å². The van der Waals surface area contributed by atoms with Crippen molar-refractivity contribution in [3.8, 4) is 0 Å². The van der Waals surface area contributed by atoms with Gasteiger partial charge < -0.3 is 10.0 Å². The zero-order valence-electron chi connectivity index (χ0n) is 12.9. The number of piperidine rings is 1. The van der Waals surface area contributed by atoms with Gasteiger partial charge in [-0.2, -0.15) is 0 Å². The van der Waals surface area contributed by atoms with E-state index >= 15 is 0 Å². The highest BCUT2D eigenvalue weighted by molar-refractivity contribution is 5.81. The van der Waals surface area contributed by atoms with Gasteiger partial charge in [-0.1, -0.05) is 19.3 Å². The lowest BCUT2D eigenvalue weighted by Gasteiger charge is -2.44. The normalized spacial score (nSPS) is 32.3. The second-order valence-electron chi connectivity index (χ2n) is 7.43. The highest BCUT2D eigenvalue weighted by atomic mass is 16.4. The van der Waals surface area contributed by atoms with E-state index < -0.39 is 5.97 Å². The molecule has 0 aromatic rings. The van der Waals surface area contributed by atoms with E-state index in [1.54, 1.807) is 0 Å². The number of carbonyl (C=O) groups is 2. The Labute approximate surface area is 126 Å². The van der Waals surface area contributed by atoms with Crippen molar-refractivity contribution in [1.29, 1.82) is 0 Å². The standard InChI is InChI=1S/C17H27NO3/c19-15(13-4-5-14(12-13)16(20)21)18-10-8-17(9-11-18)6-2-1-3-7-17/h13-14H,1-12H2,(H,20,21)/t13-,14+/m1/s1. The Morgan fingerprint density at radius 2 is 1.52 bits per heavy atom. The van der Waals surface area contributed by atoms with Crippen LogP contribution in [0.1, 0.15) is 64.2 Å². The Balaban J connectivity index is 1.52. The van der Waals surface area contributed by atoms with Crippen LogP contribution in [0, 0.1) is 17.3 Å². The van der Waals surface area contributed by atoms with Crippen LogP contribution in [0.5, 0.6) is 0 Å². The van der Waals surface area contributed by atoms with Crippen molar-refractivity contribution in [2.24, 2.45) is 17.3 Å². The van der Waals surface area contributed by atoms with Crippen LogP contribution in [0.25, 0.3) is 0 Å². The highest BCUT2D eigenvalue weighted by Crippen LogP contribution is 2.45. The molecule has 2 aliphatic carbocycles. The molecule has 3 rings (SSSR count). The van der Waals surface area contributed by atoms with Crippen molar-refractivity contribution >= 4 is 11.9 Å². The molecule has 0 bridgehead atoms. The minimum absolute atomic E-state index is 0.0356.